The van der Waals surface area contributed by atoms with E-state index in [0.717, 1.165) is 13.1 Å². The van der Waals surface area contributed by atoms with E-state index >= 15 is 0 Å². The van der Waals surface area contributed by atoms with E-state index in [4.69, 9.17) is 4.74 Å². The lowest BCUT2D eigenvalue weighted by atomic mass is 9.95. The number of ether oxygens (including phenoxy) is 1. The van der Waals surface area contributed by atoms with Gasteiger partial charge in [0.15, 0.2) is 0 Å². The van der Waals surface area contributed by atoms with Crippen molar-refractivity contribution in [3.05, 3.63) is 96.1 Å². The first-order valence-electron chi connectivity index (χ1n) is 13.2. The van der Waals surface area contributed by atoms with Crippen LogP contribution in [0.5, 0.6) is 5.75 Å². The molecule has 3 aromatic rings. The number of piperidine rings is 1. The van der Waals surface area contributed by atoms with Crippen LogP contribution in [-0.4, -0.2) is 74.8 Å². The molecule has 2 fully saturated rings. The van der Waals surface area contributed by atoms with Crippen LogP contribution < -0.4 is 4.74 Å². The second kappa shape index (κ2) is 11.7. The quantitative estimate of drug-likeness (QED) is 0.459. The van der Waals surface area contributed by atoms with Gasteiger partial charge in [0.05, 0.1) is 24.0 Å². The van der Waals surface area contributed by atoms with Crippen LogP contribution in [0.15, 0.2) is 89.8 Å². The molecule has 0 spiro atoms. The molecule has 38 heavy (non-hydrogen) atoms. The molecule has 7 nitrogen and oxygen atoms in total. The van der Waals surface area contributed by atoms with E-state index in [9.17, 15) is 13.2 Å². The smallest absolute Gasteiger partial charge is 0.243 e. The lowest BCUT2D eigenvalue weighted by Crippen LogP contribution is -2.53. The van der Waals surface area contributed by atoms with Gasteiger partial charge in [-0.15, -0.1) is 0 Å². The second-order valence-corrected chi connectivity index (χ2v) is 11.9. The third kappa shape index (κ3) is 5.62. The average Bonchev–Trinajstić information content (AvgIpc) is 2.98. The van der Waals surface area contributed by atoms with E-state index in [0.29, 0.717) is 38.2 Å². The predicted octanol–water partition coefficient (Wildman–Crippen LogP) is 4.03. The SMILES string of the molecule is COc1ccc(S(=O)(=O)N2CCC[C@H](C(=O)N3CCN(C(c4ccccc4)c4ccccc4)CC3)C2)cc1. The highest BCUT2D eigenvalue weighted by Gasteiger charge is 2.36. The van der Waals surface area contributed by atoms with Gasteiger partial charge in [0, 0.05) is 39.3 Å². The highest BCUT2D eigenvalue weighted by Crippen LogP contribution is 2.31. The van der Waals surface area contributed by atoms with Crippen molar-refractivity contribution < 1.29 is 17.9 Å². The second-order valence-electron chi connectivity index (χ2n) is 9.96. The van der Waals surface area contributed by atoms with Gasteiger partial charge in [-0.25, -0.2) is 8.42 Å². The summed E-state index contributed by atoms with van der Waals surface area (Å²) in [6.07, 6.45) is 1.39. The van der Waals surface area contributed by atoms with Crippen molar-refractivity contribution in [2.24, 2.45) is 5.92 Å². The van der Waals surface area contributed by atoms with Gasteiger partial charge >= 0.3 is 0 Å². The van der Waals surface area contributed by atoms with Gasteiger partial charge in [0.1, 0.15) is 5.75 Å². The number of carbonyl (C=O) groups excluding carboxylic acids is 1. The summed E-state index contributed by atoms with van der Waals surface area (Å²) in [6.45, 7) is 3.46. The number of amides is 1. The van der Waals surface area contributed by atoms with E-state index in [1.54, 1.807) is 31.4 Å². The number of hydrogen-bond acceptors (Lipinski definition) is 5. The fraction of sp³-hybridized carbons (Fsp3) is 0.367. The highest BCUT2D eigenvalue weighted by molar-refractivity contribution is 7.89. The Labute approximate surface area is 225 Å². The number of benzene rings is 3. The fourth-order valence-corrected chi connectivity index (χ4v) is 7.13. The number of rotatable bonds is 7. The maximum atomic E-state index is 13.5. The van der Waals surface area contributed by atoms with Gasteiger partial charge in [-0.1, -0.05) is 60.7 Å². The van der Waals surface area contributed by atoms with Gasteiger partial charge in [-0.05, 0) is 48.2 Å². The molecule has 0 aliphatic carbocycles. The van der Waals surface area contributed by atoms with Gasteiger partial charge in [-0.3, -0.25) is 9.69 Å². The molecule has 8 heteroatoms. The normalized spacial score (nSPS) is 19.4. The van der Waals surface area contributed by atoms with Gasteiger partial charge in [-0.2, -0.15) is 4.31 Å². The Morgan fingerprint density at radius 3 is 1.95 bits per heavy atom. The van der Waals surface area contributed by atoms with Crippen LogP contribution >= 0.6 is 0 Å². The summed E-state index contributed by atoms with van der Waals surface area (Å²) >= 11 is 0. The number of nitrogens with zero attached hydrogens (tertiary/aromatic N) is 3. The largest absolute Gasteiger partial charge is 0.497 e. The molecule has 1 amide bonds. The summed E-state index contributed by atoms with van der Waals surface area (Å²) in [5.74, 6) is 0.356. The zero-order valence-electron chi connectivity index (χ0n) is 21.8. The predicted molar refractivity (Wildman–Crippen MR) is 147 cm³/mol. The first-order chi connectivity index (χ1) is 18.5. The molecule has 0 saturated carbocycles. The van der Waals surface area contributed by atoms with E-state index in [1.807, 2.05) is 17.0 Å². The van der Waals surface area contributed by atoms with Crippen LogP contribution in [0.25, 0.3) is 0 Å². The maximum absolute atomic E-state index is 13.5. The lowest BCUT2D eigenvalue weighted by Gasteiger charge is -2.41. The minimum atomic E-state index is -3.67. The van der Waals surface area contributed by atoms with Crippen molar-refractivity contribution in [2.75, 3.05) is 46.4 Å². The van der Waals surface area contributed by atoms with Crippen LogP contribution in [0, 0.1) is 5.92 Å². The average molecular weight is 534 g/mol. The molecule has 0 bridgehead atoms. The Kier molecular flexibility index (Phi) is 8.12. The molecule has 0 radical (unpaired) electrons. The molecule has 1 atom stereocenters. The Morgan fingerprint density at radius 2 is 1.39 bits per heavy atom. The van der Waals surface area contributed by atoms with Crippen molar-refractivity contribution in [1.82, 2.24) is 14.1 Å². The fourth-order valence-electron chi connectivity index (χ4n) is 5.60. The van der Waals surface area contributed by atoms with Crippen molar-refractivity contribution in [2.45, 2.75) is 23.8 Å². The van der Waals surface area contributed by atoms with Crippen LogP contribution in [0.1, 0.15) is 30.0 Å². The first kappa shape index (κ1) is 26.4. The summed E-state index contributed by atoms with van der Waals surface area (Å²) in [5.41, 5.74) is 2.48. The van der Waals surface area contributed by atoms with Crippen molar-refractivity contribution in [3.8, 4) is 5.75 Å². The summed E-state index contributed by atoms with van der Waals surface area (Å²) in [4.78, 5) is 18.1. The summed E-state index contributed by atoms with van der Waals surface area (Å²) < 4.78 is 33.2. The van der Waals surface area contributed by atoms with Crippen LogP contribution in [0.4, 0.5) is 0 Å². The van der Waals surface area contributed by atoms with Gasteiger partial charge < -0.3 is 9.64 Å². The minimum Gasteiger partial charge on any atom is -0.497 e. The number of piperazine rings is 1. The molecule has 2 aliphatic heterocycles. The molecule has 3 aromatic carbocycles. The molecule has 5 rings (SSSR count). The maximum Gasteiger partial charge on any atom is 0.243 e. The molecule has 2 heterocycles. The van der Waals surface area contributed by atoms with Crippen LogP contribution in [0.3, 0.4) is 0 Å². The number of methoxy groups -OCH3 is 1. The standard InChI is InChI=1S/C30H35N3O4S/c1-37-27-14-16-28(17-15-27)38(35,36)33-18-8-13-26(23-33)30(34)32-21-19-31(20-22-32)29(24-9-4-2-5-10-24)25-11-6-3-7-12-25/h2-7,9-12,14-17,26,29H,8,13,18-23H2,1H3/t26-/m0/s1. The number of carbonyl (C=O) groups is 1. The Hall–Kier alpha value is -3.20. The molecule has 0 N–H and O–H groups in total. The van der Waals surface area contributed by atoms with Crippen LogP contribution in [-0.2, 0) is 14.8 Å². The van der Waals surface area contributed by atoms with Gasteiger partial charge in [0.2, 0.25) is 15.9 Å². The summed E-state index contributed by atoms with van der Waals surface area (Å²) in [7, 11) is -2.12. The molecule has 0 unspecified atom stereocenters. The van der Waals surface area contributed by atoms with Gasteiger partial charge in [0.25, 0.3) is 0 Å². The Balaban J connectivity index is 1.24. The monoisotopic (exact) mass is 533 g/mol. The van der Waals surface area contributed by atoms with Crippen molar-refractivity contribution in [1.29, 1.82) is 0 Å². The number of hydrogen-bond donors (Lipinski definition) is 0. The summed E-state index contributed by atoms with van der Waals surface area (Å²) in [6, 6.07) is 27.6. The van der Waals surface area contributed by atoms with Crippen molar-refractivity contribution in [3.63, 3.8) is 0 Å². The third-order valence-electron chi connectivity index (χ3n) is 7.65. The number of sulfonamides is 1. The lowest BCUT2D eigenvalue weighted by molar-refractivity contribution is -0.138. The van der Waals surface area contributed by atoms with E-state index in [1.165, 1.54) is 15.4 Å². The van der Waals surface area contributed by atoms with Crippen molar-refractivity contribution >= 4 is 15.9 Å². The molecular weight excluding hydrogens is 498 g/mol. The molecule has 2 saturated heterocycles. The topological polar surface area (TPSA) is 70.2 Å². The first-order valence-corrected chi connectivity index (χ1v) is 14.7. The molecule has 200 valence electrons. The van der Waals surface area contributed by atoms with E-state index in [2.05, 4.69) is 53.4 Å². The summed E-state index contributed by atoms with van der Waals surface area (Å²) in [5, 5.41) is 0. The molecule has 0 aromatic heterocycles. The van der Waals surface area contributed by atoms with Crippen LogP contribution in [0.2, 0.25) is 0 Å². The zero-order valence-corrected chi connectivity index (χ0v) is 22.6. The van der Waals surface area contributed by atoms with E-state index < -0.39 is 10.0 Å². The Morgan fingerprint density at radius 1 is 0.816 bits per heavy atom. The van der Waals surface area contributed by atoms with E-state index in [-0.39, 0.29) is 29.3 Å². The molecular formula is C30H35N3O4S. The highest BCUT2D eigenvalue weighted by atomic mass is 32.2. The zero-order chi connectivity index (χ0) is 26.5. The third-order valence-corrected chi connectivity index (χ3v) is 9.53. The molecule has 2 aliphatic rings. The minimum absolute atomic E-state index is 0.0650. The Bertz CT molecular complexity index is 1270.